The van der Waals surface area contributed by atoms with Gasteiger partial charge in [0.15, 0.2) is 0 Å². The summed E-state index contributed by atoms with van der Waals surface area (Å²) in [5, 5.41) is 7.24. The van der Waals surface area contributed by atoms with E-state index < -0.39 is 0 Å². The standard InChI is InChI=1S/C15H13N3O/c19-15(12-6-2-1-3-7-12)16-11-13-10-14-8-4-5-9-18(14)17-13/h1-10H,11H2,(H,16,19). The van der Waals surface area contributed by atoms with Crippen LogP contribution in [0.15, 0.2) is 60.8 Å². The number of hydrogen-bond acceptors (Lipinski definition) is 2. The molecule has 2 heterocycles. The number of rotatable bonds is 3. The first-order chi connectivity index (χ1) is 9.33. The number of carbonyl (C=O) groups is 1. The molecular weight excluding hydrogens is 238 g/mol. The smallest absolute Gasteiger partial charge is 0.251 e. The van der Waals surface area contributed by atoms with E-state index in [9.17, 15) is 4.79 Å². The van der Waals surface area contributed by atoms with Gasteiger partial charge >= 0.3 is 0 Å². The molecule has 4 nitrogen and oxygen atoms in total. The highest BCUT2D eigenvalue weighted by Gasteiger charge is 2.06. The maximum absolute atomic E-state index is 11.9. The van der Waals surface area contributed by atoms with Gasteiger partial charge in [-0.2, -0.15) is 5.10 Å². The molecule has 2 aromatic heterocycles. The number of carbonyl (C=O) groups excluding carboxylic acids is 1. The predicted molar refractivity (Wildman–Crippen MR) is 72.8 cm³/mol. The number of amides is 1. The molecule has 19 heavy (non-hydrogen) atoms. The Morgan fingerprint density at radius 2 is 1.89 bits per heavy atom. The van der Waals surface area contributed by atoms with Gasteiger partial charge in [-0.05, 0) is 30.3 Å². The van der Waals surface area contributed by atoms with Crippen molar-refractivity contribution >= 4 is 11.4 Å². The van der Waals surface area contributed by atoms with Crippen LogP contribution in [0.2, 0.25) is 0 Å². The Labute approximate surface area is 110 Å². The van der Waals surface area contributed by atoms with Gasteiger partial charge in [0.2, 0.25) is 0 Å². The fourth-order valence-electron chi connectivity index (χ4n) is 1.94. The summed E-state index contributed by atoms with van der Waals surface area (Å²) in [6.45, 7) is 0.426. The first kappa shape index (κ1) is 11.5. The molecule has 3 rings (SSSR count). The van der Waals surface area contributed by atoms with E-state index in [0.717, 1.165) is 11.2 Å². The van der Waals surface area contributed by atoms with E-state index in [-0.39, 0.29) is 5.91 Å². The van der Waals surface area contributed by atoms with Gasteiger partial charge in [0.1, 0.15) is 0 Å². The highest BCUT2D eigenvalue weighted by molar-refractivity contribution is 5.94. The number of pyridine rings is 1. The van der Waals surface area contributed by atoms with Crippen molar-refractivity contribution in [1.29, 1.82) is 0 Å². The molecule has 1 N–H and O–H groups in total. The largest absolute Gasteiger partial charge is 0.346 e. The molecule has 0 radical (unpaired) electrons. The van der Waals surface area contributed by atoms with E-state index >= 15 is 0 Å². The summed E-state index contributed by atoms with van der Waals surface area (Å²) >= 11 is 0. The molecule has 0 aliphatic heterocycles. The quantitative estimate of drug-likeness (QED) is 0.776. The lowest BCUT2D eigenvalue weighted by atomic mass is 10.2. The summed E-state index contributed by atoms with van der Waals surface area (Å²) < 4.78 is 1.80. The molecule has 0 fully saturated rings. The fourth-order valence-corrected chi connectivity index (χ4v) is 1.94. The lowest BCUT2D eigenvalue weighted by molar-refractivity contribution is 0.0950. The molecular formula is C15H13N3O. The maximum Gasteiger partial charge on any atom is 0.251 e. The van der Waals surface area contributed by atoms with Gasteiger partial charge in [-0.15, -0.1) is 0 Å². The zero-order valence-corrected chi connectivity index (χ0v) is 10.3. The van der Waals surface area contributed by atoms with E-state index in [1.807, 2.05) is 48.7 Å². The van der Waals surface area contributed by atoms with Crippen LogP contribution in [0.25, 0.3) is 5.52 Å². The lowest BCUT2D eigenvalue weighted by Crippen LogP contribution is -2.22. The Bertz CT molecular complexity index is 670. The number of aromatic nitrogens is 2. The van der Waals surface area contributed by atoms with E-state index in [1.54, 1.807) is 16.6 Å². The molecule has 0 saturated heterocycles. The van der Waals surface area contributed by atoms with Gasteiger partial charge in [0.25, 0.3) is 5.91 Å². The zero-order valence-electron chi connectivity index (χ0n) is 10.3. The molecule has 0 unspecified atom stereocenters. The summed E-state index contributed by atoms with van der Waals surface area (Å²) in [7, 11) is 0. The van der Waals surface area contributed by atoms with Gasteiger partial charge in [-0.3, -0.25) is 4.79 Å². The Hall–Kier alpha value is -2.62. The first-order valence-corrected chi connectivity index (χ1v) is 6.09. The summed E-state index contributed by atoms with van der Waals surface area (Å²) in [4.78, 5) is 11.9. The summed E-state index contributed by atoms with van der Waals surface area (Å²) in [5.41, 5.74) is 2.52. The minimum absolute atomic E-state index is 0.0855. The molecule has 4 heteroatoms. The molecule has 3 aromatic rings. The Balaban J connectivity index is 1.71. The number of hydrogen-bond donors (Lipinski definition) is 1. The van der Waals surface area contributed by atoms with E-state index in [0.29, 0.717) is 12.1 Å². The van der Waals surface area contributed by atoms with Crippen LogP contribution >= 0.6 is 0 Å². The Kier molecular flexibility index (Phi) is 2.98. The van der Waals surface area contributed by atoms with Crippen LogP contribution in [0.5, 0.6) is 0 Å². The molecule has 0 aliphatic rings. The average molecular weight is 251 g/mol. The maximum atomic E-state index is 11.9. The second-order valence-corrected chi connectivity index (χ2v) is 4.25. The third-order valence-electron chi connectivity index (χ3n) is 2.89. The van der Waals surface area contributed by atoms with Crippen LogP contribution in [-0.2, 0) is 6.54 Å². The average Bonchev–Trinajstić information content (AvgIpc) is 2.88. The molecule has 0 bridgehead atoms. The van der Waals surface area contributed by atoms with Crippen LogP contribution < -0.4 is 5.32 Å². The predicted octanol–water partition coefficient (Wildman–Crippen LogP) is 2.26. The lowest BCUT2D eigenvalue weighted by Gasteiger charge is -2.02. The van der Waals surface area contributed by atoms with Crippen molar-refractivity contribution < 1.29 is 4.79 Å². The number of benzene rings is 1. The molecule has 1 aromatic carbocycles. The highest BCUT2D eigenvalue weighted by atomic mass is 16.1. The number of nitrogens with zero attached hydrogens (tertiary/aromatic N) is 2. The Morgan fingerprint density at radius 1 is 1.11 bits per heavy atom. The van der Waals surface area contributed by atoms with Crippen molar-refractivity contribution in [1.82, 2.24) is 14.9 Å². The van der Waals surface area contributed by atoms with Crippen molar-refractivity contribution in [2.75, 3.05) is 0 Å². The van der Waals surface area contributed by atoms with E-state index in [4.69, 9.17) is 0 Å². The molecule has 1 amide bonds. The minimum atomic E-state index is -0.0855. The van der Waals surface area contributed by atoms with Gasteiger partial charge < -0.3 is 5.32 Å². The zero-order chi connectivity index (χ0) is 13.1. The van der Waals surface area contributed by atoms with Crippen molar-refractivity contribution in [3.63, 3.8) is 0 Å². The summed E-state index contributed by atoms with van der Waals surface area (Å²) in [5.74, 6) is -0.0855. The van der Waals surface area contributed by atoms with Crippen LogP contribution in [0.3, 0.4) is 0 Å². The second-order valence-electron chi connectivity index (χ2n) is 4.25. The van der Waals surface area contributed by atoms with Crippen LogP contribution in [-0.4, -0.2) is 15.5 Å². The fraction of sp³-hybridized carbons (Fsp3) is 0.0667. The summed E-state index contributed by atoms with van der Waals surface area (Å²) in [6.07, 6.45) is 1.89. The molecule has 0 saturated carbocycles. The van der Waals surface area contributed by atoms with E-state index in [1.165, 1.54) is 0 Å². The SMILES string of the molecule is O=C(NCc1cc2ccccn2n1)c1ccccc1. The van der Waals surface area contributed by atoms with Gasteiger partial charge in [-0.25, -0.2) is 4.52 Å². The van der Waals surface area contributed by atoms with E-state index in [2.05, 4.69) is 10.4 Å². The normalized spacial score (nSPS) is 10.5. The molecule has 0 atom stereocenters. The Morgan fingerprint density at radius 3 is 2.68 bits per heavy atom. The summed E-state index contributed by atoms with van der Waals surface area (Å²) in [6, 6.07) is 17.0. The van der Waals surface area contributed by atoms with Crippen LogP contribution in [0, 0.1) is 0 Å². The second kappa shape index (κ2) is 4.94. The molecule has 94 valence electrons. The first-order valence-electron chi connectivity index (χ1n) is 6.09. The van der Waals surface area contributed by atoms with Crippen molar-refractivity contribution in [2.24, 2.45) is 0 Å². The van der Waals surface area contributed by atoms with Crippen molar-refractivity contribution in [2.45, 2.75) is 6.54 Å². The van der Waals surface area contributed by atoms with Crippen molar-refractivity contribution in [3.8, 4) is 0 Å². The number of fused-ring (bicyclic) bond motifs is 1. The highest BCUT2D eigenvalue weighted by Crippen LogP contribution is 2.06. The van der Waals surface area contributed by atoms with Gasteiger partial charge in [0, 0.05) is 11.8 Å². The van der Waals surface area contributed by atoms with Gasteiger partial charge in [0.05, 0.1) is 17.8 Å². The van der Waals surface area contributed by atoms with Crippen LogP contribution in [0.4, 0.5) is 0 Å². The van der Waals surface area contributed by atoms with Crippen LogP contribution in [0.1, 0.15) is 16.1 Å². The molecule has 0 aliphatic carbocycles. The third-order valence-corrected chi connectivity index (χ3v) is 2.89. The minimum Gasteiger partial charge on any atom is -0.346 e. The number of nitrogens with one attached hydrogen (secondary N) is 1. The molecule has 0 spiro atoms. The third kappa shape index (κ3) is 2.47. The monoisotopic (exact) mass is 251 g/mol. The van der Waals surface area contributed by atoms with Gasteiger partial charge in [-0.1, -0.05) is 24.3 Å². The van der Waals surface area contributed by atoms with Crippen molar-refractivity contribution in [3.05, 3.63) is 72.1 Å². The topological polar surface area (TPSA) is 46.4 Å².